The standard InChI is InChI=1S/C10H9F3N2O4.C2H6/c11-10(12,13)19-6-3-1-2-5(4-6)15-8(16)7(14)9(17)18;1-2/h1-4,7H,14H2,(H,15,16)(H,17,18);1-2H3. The molecule has 0 aromatic heterocycles. The fraction of sp³-hybridized carbons (Fsp3) is 0.333. The number of anilines is 1. The molecule has 1 rings (SSSR count). The SMILES string of the molecule is CC.NC(C(=O)O)C(=O)Nc1cccc(OC(F)(F)F)c1. The summed E-state index contributed by atoms with van der Waals surface area (Å²) >= 11 is 0. The number of nitrogens with one attached hydrogen (secondary N) is 1. The summed E-state index contributed by atoms with van der Waals surface area (Å²) in [4.78, 5) is 21.7. The Bertz CT molecular complexity index is 492. The van der Waals surface area contributed by atoms with Crippen LogP contribution in [0.4, 0.5) is 18.9 Å². The molecule has 0 aliphatic heterocycles. The molecule has 4 N–H and O–H groups in total. The van der Waals surface area contributed by atoms with Crippen molar-refractivity contribution in [3.05, 3.63) is 24.3 Å². The smallest absolute Gasteiger partial charge is 0.480 e. The molecule has 9 heteroatoms. The van der Waals surface area contributed by atoms with Gasteiger partial charge in [-0.1, -0.05) is 19.9 Å². The van der Waals surface area contributed by atoms with Crippen LogP contribution in [0.15, 0.2) is 24.3 Å². The van der Waals surface area contributed by atoms with Crippen LogP contribution in [0, 0.1) is 0 Å². The first-order valence-corrected chi connectivity index (χ1v) is 5.84. The predicted molar refractivity (Wildman–Crippen MR) is 68.7 cm³/mol. The first-order chi connectivity index (χ1) is 9.69. The van der Waals surface area contributed by atoms with Crippen LogP contribution in [0.1, 0.15) is 13.8 Å². The number of carbonyl (C=O) groups excluding carboxylic acids is 1. The van der Waals surface area contributed by atoms with Gasteiger partial charge < -0.3 is 20.9 Å². The fourth-order valence-corrected chi connectivity index (χ4v) is 1.10. The molecule has 0 spiro atoms. The summed E-state index contributed by atoms with van der Waals surface area (Å²) in [7, 11) is 0. The number of halogens is 3. The molecule has 0 fully saturated rings. The average Bonchev–Trinajstić information content (AvgIpc) is 2.38. The van der Waals surface area contributed by atoms with E-state index in [2.05, 4.69) is 10.1 Å². The Morgan fingerprint density at radius 1 is 1.33 bits per heavy atom. The zero-order chi connectivity index (χ0) is 16.6. The number of amides is 1. The number of alkyl halides is 3. The van der Waals surface area contributed by atoms with Crippen LogP contribution in [0.25, 0.3) is 0 Å². The number of hydrogen-bond acceptors (Lipinski definition) is 4. The second-order valence-electron chi connectivity index (χ2n) is 3.38. The van der Waals surface area contributed by atoms with E-state index in [9.17, 15) is 22.8 Å². The number of carboxylic acid groups (broad SMARTS) is 1. The highest BCUT2D eigenvalue weighted by Gasteiger charge is 2.31. The Balaban J connectivity index is 0.00000191. The molecular formula is C12H15F3N2O4. The van der Waals surface area contributed by atoms with Gasteiger partial charge in [0.2, 0.25) is 0 Å². The second kappa shape index (κ2) is 8.10. The largest absolute Gasteiger partial charge is 0.573 e. The van der Waals surface area contributed by atoms with Crippen molar-refractivity contribution in [2.75, 3.05) is 5.32 Å². The second-order valence-corrected chi connectivity index (χ2v) is 3.38. The summed E-state index contributed by atoms with van der Waals surface area (Å²) in [6, 6.07) is 2.56. The molecule has 0 radical (unpaired) electrons. The maximum absolute atomic E-state index is 12.0. The van der Waals surface area contributed by atoms with Crippen molar-refractivity contribution in [1.29, 1.82) is 0 Å². The number of carbonyl (C=O) groups is 2. The third kappa shape index (κ3) is 7.16. The molecule has 1 aromatic carbocycles. The van der Waals surface area contributed by atoms with Gasteiger partial charge in [0.1, 0.15) is 5.75 Å². The Kier molecular flexibility index (Phi) is 7.22. The minimum absolute atomic E-state index is 0.0662. The van der Waals surface area contributed by atoms with E-state index in [0.29, 0.717) is 0 Å². The van der Waals surface area contributed by atoms with Crippen LogP contribution >= 0.6 is 0 Å². The summed E-state index contributed by atoms with van der Waals surface area (Å²) < 4.78 is 39.5. The van der Waals surface area contributed by atoms with Crippen molar-refractivity contribution in [3.63, 3.8) is 0 Å². The number of rotatable bonds is 4. The van der Waals surface area contributed by atoms with Gasteiger partial charge in [-0.15, -0.1) is 13.2 Å². The van der Waals surface area contributed by atoms with Gasteiger partial charge in [-0.2, -0.15) is 0 Å². The van der Waals surface area contributed by atoms with Gasteiger partial charge in [-0.05, 0) is 12.1 Å². The van der Waals surface area contributed by atoms with Gasteiger partial charge in [0, 0.05) is 11.8 Å². The van der Waals surface area contributed by atoms with E-state index in [-0.39, 0.29) is 5.69 Å². The quantitative estimate of drug-likeness (QED) is 0.738. The van der Waals surface area contributed by atoms with E-state index in [1.54, 1.807) is 0 Å². The molecular weight excluding hydrogens is 293 g/mol. The van der Waals surface area contributed by atoms with E-state index in [1.165, 1.54) is 12.1 Å². The number of nitrogens with two attached hydrogens (primary N) is 1. The predicted octanol–water partition coefficient (Wildman–Crippen LogP) is 1.96. The Morgan fingerprint density at radius 3 is 2.38 bits per heavy atom. The third-order valence-electron chi connectivity index (χ3n) is 1.88. The van der Waals surface area contributed by atoms with Crippen molar-refractivity contribution in [3.8, 4) is 5.75 Å². The van der Waals surface area contributed by atoms with Gasteiger partial charge in [0.05, 0.1) is 0 Å². The normalized spacial score (nSPS) is 11.7. The van der Waals surface area contributed by atoms with Crippen LogP contribution in [0.5, 0.6) is 5.75 Å². The summed E-state index contributed by atoms with van der Waals surface area (Å²) in [5, 5.41) is 10.5. The Morgan fingerprint density at radius 2 is 1.90 bits per heavy atom. The van der Waals surface area contributed by atoms with Gasteiger partial charge in [-0.3, -0.25) is 4.79 Å². The number of hydrogen-bond donors (Lipinski definition) is 3. The summed E-state index contributed by atoms with van der Waals surface area (Å²) in [5.41, 5.74) is 4.96. The van der Waals surface area contributed by atoms with E-state index in [0.717, 1.165) is 12.1 Å². The average molecular weight is 308 g/mol. The number of aliphatic carboxylic acids is 1. The molecule has 21 heavy (non-hydrogen) atoms. The maximum atomic E-state index is 12.0. The third-order valence-corrected chi connectivity index (χ3v) is 1.88. The van der Waals surface area contributed by atoms with E-state index in [4.69, 9.17) is 10.8 Å². The summed E-state index contributed by atoms with van der Waals surface area (Å²) in [6.45, 7) is 4.00. The molecule has 0 aliphatic rings. The van der Waals surface area contributed by atoms with Crippen LogP contribution in [0.2, 0.25) is 0 Å². The van der Waals surface area contributed by atoms with Crippen LogP contribution in [0.3, 0.4) is 0 Å². The molecule has 1 aromatic rings. The van der Waals surface area contributed by atoms with Crippen molar-refractivity contribution >= 4 is 17.6 Å². The summed E-state index contributed by atoms with van der Waals surface area (Å²) in [6.07, 6.45) is -4.86. The number of carboxylic acids is 1. The first kappa shape index (κ1) is 18.7. The molecule has 118 valence electrons. The first-order valence-electron chi connectivity index (χ1n) is 5.84. The minimum Gasteiger partial charge on any atom is -0.480 e. The topological polar surface area (TPSA) is 102 Å². The molecule has 6 nitrogen and oxygen atoms in total. The molecule has 0 heterocycles. The number of ether oxygens (including phenoxy) is 1. The molecule has 1 atom stereocenters. The lowest BCUT2D eigenvalue weighted by Crippen LogP contribution is -2.42. The molecule has 0 aliphatic carbocycles. The van der Waals surface area contributed by atoms with Gasteiger partial charge in [0.25, 0.3) is 5.91 Å². The van der Waals surface area contributed by atoms with Gasteiger partial charge in [0.15, 0.2) is 6.04 Å². The zero-order valence-corrected chi connectivity index (χ0v) is 11.3. The van der Waals surface area contributed by atoms with Gasteiger partial charge >= 0.3 is 12.3 Å². The van der Waals surface area contributed by atoms with Crippen molar-refractivity contribution in [1.82, 2.24) is 0 Å². The zero-order valence-electron chi connectivity index (χ0n) is 11.3. The minimum atomic E-state index is -4.86. The van der Waals surface area contributed by atoms with Crippen LogP contribution in [-0.2, 0) is 9.59 Å². The fourth-order valence-electron chi connectivity index (χ4n) is 1.10. The van der Waals surface area contributed by atoms with E-state index < -0.39 is 30.0 Å². The Labute approximate surface area is 118 Å². The van der Waals surface area contributed by atoms with Crippen molar-refractivity contribution in [2.24, 2.45) is 5.73 Å². The molecule has 0 saturated heterocycles. The van der Waals surface area contributed by atoms with E-state index >= 15 is 0 Å². The molecule has 1 unspecified atom stereocenters. The van der Waals surface area contributed by atoms with Gasteiger partial charge in [-0.25, -0.2) is 4.79 Å². The van der Waals surface area contributed by atoms with Crippen LogP contribution in [-0.4, -0.2) is 29.4 Å². The van der Waals surface area contributed by atoms with Crippen molar-refractivity contribution < 1.29 is 32.6 Å². The highest BCUT2D eigenvalue weighted by molar-refractivity contribution is 6.07. The van der Waals surface area contributed by atoms with E-state index in [1.807, 2.05) is 13.8 Å². The van der Waals surface area contributed by atoms with Crippen LogP contribution < -0.4 is 15.8 Å². The highest BCUT2D eigenvalue weighted by Crippen LogP contribution is 2.24. The monoisotopic (exact) mass is 308 g/mol. The molecule has 1 amide bonds. The highest BCUT2D eigenvalue weighted by atomic mass is 19.4. The molecule has 0 saturated carbocycles. The lowest BCUT2D eigenvalue weighted by molar-refractivity contribution is -0.274. The molecule has 0 bridgehead atoms. The number of benzene rings is 1. The Hall–Kier alpha value is -2.29. The lowest BCUT2D eigenvalue weighted by Gasteiger charge is -2.11. The maximum Gasteiger partial charge on any atom is 0.573 e. The van der Waals surface area contributed by atoms with Crippen molar-refractivity contribution in [2.45, 2.75) is 26.3 Å². The summed E-state index contributed by atoms with van der Waals surface area (Å²) in [5.74, 6) is -3.16. The lowest BCUT2D eigenvalue weighted by atomic mass is 10.2.